The van der Waals surface area contributed by atoms with E-state index in [4.69, 9.17) is 4.98 Å². The van der Waals surface area contributed by atoms with Crippen LogP contribution >= 0.6 is 0 Å². The van der Waals surface area contributed by atoms with E-state index in [-0.39, 0.29) is 5.91 Å². The molecule has 132 valence electrons. The van der Waals surface area contributed by atoms with Crippen molar-refractivity contribution in [3.63, 3.8) is 0 Å². The summed E-state index contributed by atoms with van der Waals surface area (Å²) in [4.78, 5) is 17.7. The molecule has 1 aromatic heterocycles. The van der Waals surface area contributed by atoms with Gasteiger partial charge in [0.15, 0.2) is 0 Å². The summed E-state index contributed by atoms with van der Waals surface area (Å²) in [6, 6.07) is 8.80. The summed E-state index contributed by atoms with van der Waals surface area (Å²) in [5.41, 5.74) is 4.13. The second kappa shape index (κ2) is 7.03. The third kappa shape index (κ3) is 3.35. The fourth-order valence-corrected chi connectivity index (χ4v) is 4.15. The van der Waals surface area contributed by atoms with Crippen LogP contribution in [0, 0.1) is 6.92 Å². The van der Waals surface area contributed by atoms with Gasteiger partial charge in [-0.05, 0) is 39.0 Å². The Morgan fingerprint density at radius 1 is 1.08 bits per heavy atom. The van der Waals surface area contributed by atoms with E-state index in [9.17, 15) is 4.79 Å². The number of benzene rings is 1. The van der Waals surface area contributed by atoms with Crippen LogP contribution in [0.25, 0.3) is 11.4 Å². The molecule has 4 rings (SSSR count). The summed E-state index contributed by atoms with van der Waals surface area (Å²) < 4.78 is 2.29. The third-order valence-electron chi connectivity index (χ3n) is 5.58. The molecule has 1 aliphatic heterocycles. The van der Waals surface area contributed by atoms with Crippen LogP contribution in [-0.4, -0.2) is 21.5 Å². The summed E-state index contributed by atoms with van der Waals surface area (Å²) in [5.74, 6) is 0.976. The molecule has 0 radical (unpaired) electrons. The summed E-state index contributed by atoms with van der Waals surface area (Å²) >= 11 is 0. The first-order chi connectivity index (χ1) is 12.2. The van der Waals surface area contributed by atoms with Gasteiger partial charge in [-0.25, -0.2) is 4.98 Å². The van der Waals surface area contributed by atoms with Crippen molar-refractivity contribution in [1.29, 1.82) is 0 Å². The number of amides is 1. The number of aromatic nitrogens is 2. The molecule has 25 heavy (non-hydrogen) atoms. The molecular weight excluding hydrogens is 310 g/mol. The molecule has 0 spiro atoms. The molecule has 2 aromatic rings. The molecule has 1 aromatic carbocycles. The Balaban J connectivity index is 1.71. The van der Waals surface area contributed by atoms with Gasteiger partial charge in [0.05, 0.1) is 5.69 Å². The van der Waals surface area contributed by atoms with Gasteiger partial charge >= 0.3 is 0 Å². The van der Waals surface area contributed by atoms with Gasteiger partial charge in [0, 0.05) is 18.2 Å². The maximum atomic E-state index is 12.9. The van der Waals surface area contributed by atoms with Crippen molar-refractivity contribution >= 4 is 5.91 Å². The molecule has 4 nitrogen and oxygen atoms in total. The molecule has 0 unspecified atom stereocenters. The van der Waals surface area contributed by atoms with Gasteiger partial charge in [-0.1, -0.05) is 49.1 Å². The lowest BCUT2D eigenvalue weighted by molar-refractivity contribution is 0.0932. The highest BCUT2D eigenvalue weighted by molar-refractivity contribution is 5.94. The number of hydrogen-bond donors (Lipinski definition) is 1. The van der Waals surface area contributed by atoms with Gasteiger partial charge in [0.25, 0.3) is 5.91 Å². The van der Waals surface area contributed by atoms with Crippen molar-refractivity contribution in [1.82, 2.24) is 14.9 Å². The minimum absolute atomic E-state index is 0.0240. The number of imidazole rings is 1. The molecule has 0 bridgehead atoms. The fourth-order valence-electron chi connectivity index (χ4n) is 4.15. The first-order valence-corrected chi connectivity index (χ1v) is 9.69. The Labute approximate surface area is 149 Å². The third-order valence-corrected chi connectivity index (χ3v) is 5.58. The van der Waals surface area contributed by atoms with Crippen LogP contribution in [0.3, 0.4) is 0 Å². The first kappa shape index (κ1) is 16.4. The number of nitrogens with zero attached hydrogens (tertiary/aromatic N) is 2. The number of rotatable bonds is 3. The minimum atomic E-state index is 0.0240. The molecule has 4 heteroatoms. The topological polar surface area (TPSA) is 46.9 Å². The molecule has 1 aliphatic carbocycles. The summed E-state index contributed by atoms with van der Waals surface area (Å²) in [6.07, 6.45) is 9.13. The Bertz CT molecular complexity index is 754. The molecule has 1 N–H and O–H groups in total. The van der Waals surface area contributed by atoms with Gasteiger partial charge < -0.3 is 9.88 Å². The minimum Gasteiger partial charge on any atom is -0.348 e. The predicted octanol–water partition coefficient (Wildman–Crippen LogP) is 4.26. The van der Waals surface area contributed by atoms with Gasteiger partial charge in [-0.3, -0.25) is 4.79 Å². The van der Waals surface area contributed by atoms with Crippen molar-refractivity contribution < 1.29 is 4.79 Å². The van der Waals surface area contributed by atoms with E-state index in [1.165, 1.54) is 24.8 Å². The maximum Gasteiger partial charge on any atom is 0.272 e. The van der Waals surface area contributed by atoms with Crippen molar-refractivity contribution in [3.05, 3.63) is 41.2 Å². The lowest BCUT2D eigenvalue weighted by Crippen LogP contribution is -2.33. The van der Waals surface area contributed by atoms with Crippen molar-refractivity contribution in [2.45, 2.75) is 70.9 Å². The Kier molecular flexibility index (Phi) is 4.60. The van der Waals surface area contributed by atoms with E-state index >= 15 is 0 Å². The Hall–Kier alpha value is -2.10. The Morgan fingerprint density at radius 3 is 2.60 bits per heavy atom. The highest BCUT2D eigenvalue weighted by Crippen LogP contribution is 2.28. The average Bonchev–Trinajstić information content (AvgIpc) is 3.17. The zero-order valence-electron chi connectivity index (χ0n) is 15.1. The second-order valence-corrected chi connectivity index (χ2v) is 7.51. The maximum absolute atomic E-state index is 12.9. The molecule has 1 amide bonds. The molecule has 2 aliphatic rings. The number of nitrogens with one attached hydrogen (secondary N) is 1. The average molecular weight is 337 g/mol. The zero-order valence-corrected chi connectivity index (χ0v) is 15.1. The monoisotopic (exact) mass is 337 g/mol. The number of carbonyl (C=O) groups excluding carboxylic acids is 1. The number of aryl methyl sites for hydroxylation is 1. The van der Waals surface area contributed by atoms with E-state index in [0.717, 1.165) is 55.7 Å². The highest BCUT2D eigenvalue weighted by atomic mass is 16.2. The second-order valence-electron chi connectivity index (χ2n) is 7.51. The smallest absolute Gasteiger partial charge is 0.272 e. The van der Waals surface area contributed by atoms with Crippen molar-refractivity contribution in [3.8, 4) is 11.4 Å². The van der Waals surface area contributed by atoms with Crippen LogP contribution in [0.15, 0.2) is 24.3 Å². The van der Waals surface area contributed by atoms with Crippen LogP contribution in [0.5, 0.6) is 0 Å². The van der Waals surface area contributed by atoms with Crippen molar-refractivity contribution in [2.75, 3.05) is 0 Å². The molecule has 1 saturated carbocycles. The number of carbonyl (C=O) groups is 1. The van der Waals surface area contributed by atoms with Crippen LogP contribution in [-0.2, 0) is 13.0 Å². The SMILES string of the molecule is Cc1ccc(-c2nc(C(=O)NC3CCCC3)c3n2CCCCC3)cc1. The molecule has 0 atom stereocenters. The van der Waals surface area contributed by atoms with Gasteiger partial charge in [0.2, 0.25) is 0 Å². The van der Waals surface area contributed by atoms with E-state index in [1.54, 1.807) is 0 Å². The highest BCUT2D eigenvalue weighted by Gasteiger charge is 2.26. The summed E-state index contributed by atoms with van der Waals surface area (Å²) in [6.45, 7) is 3.05. The normalized spacial score (nSPS) is 18.0. The van der Waals surface area contributed by atoms with E-state index in [0.29, 0.717) is 11.7 Å². The van der Waals surface area contributed by atoms with Gasteiger partial charge in [0.1, 0.15) is 11.5 Å². The van der Waals surface area contributed by atoms with Crippen LogP contribution in [0.4, 0.5) is 0 Å². The van der Waals surface area contributed by atoms with Crippen LogP contribution < -0.4 is 5.32 Å². The molecule has 1 fully saturated rings. The summed E-state index contributed by atoms with van der Waals surface area (Å²) in [7, 11) is 0. The lowest BCUT2D eigenvalue weighted by Gasteiger charge is -2.12. The quantitative estimate of drug-likeness (QED) is 0.910. The van der Waals surface area contributed by atoms with E-state index < -0.39 is 0 Å². The lowest BCUT2D eigenvalue weighted by atomic mass is 10.1. The molecule has 2 heterocycles. The van der Waals surface area contributed by atoms with Crippen molar-refractivity contribution in [2.24, 2.45) is 0 Å². The molecule has 0 saturated heterocycles. The fraction of sp³-hybridized carbons (Fsp3) is 0.524. The summed E-state index contributed by atoms with van der Waals surface area (Å²) in [5, 5.41) is 3.22. The predicted molar refractivity (Wildman–Crippen MR) is 99.7 cm³/mol. The Morgan fingerprint density at radius 2 is 1.84 bits per heavy atom. The molecular formula is C21H27N3O. The van der Waals surface area contributed by atoms with Crippen LogP contribution in [0.1, 0.15) is 66.7 Å². The zero-order chi connectivity index (χ0) is 17.2. The van der Waals surface area contributed by atoms with Gasteiger partial charge in [-0.2, -0.15) is 0 Å². The van der Waals surface area contributed by atoms with E-state index in [1.807, 2.05) is 0 Å². The van der Waals surface area contributed by atoms with E-state index in [2.05, 4.69) is 41.1 Å². The van der Waals surface area contributed by atoms with Gasteiger partial charge in [-0.15, -0.1) is 0 Å². The number of fused-ring (bicyclic) bond motifs is 1. The standard InChI is InChI=1S/C21H27N3O/c1-15-10-12-16(13-11-15)20-23-19(18-9-3-2-6-14-24(18)20)21(25)22-17-7-4-5-8-17/h10-13,17H,2-9,14H2,1H3,(H,22,25). The first-order valence-electron chi connectivity index (χ1n) is 9.69. The largest absolute Gasteiger partial charge is 0.348 e. The van der Waals surface area contributed by atoms with Crippen LogP contribution in [0.2, 0.25) is 0 Å². The number of hydrogen-bond acceptors (Lipinski definition) is 2.